The fourth-order valence-electron chi connectivity index (χ4n) is 4.55. The molecule has 2 aliphatic rings. The zero-order valence-corrected chi connectivity index (χ0v) is 15.4. The molecule has 2 saturated heterocycles. The van der Waals surface area contributed by atoms with Gasteiger partial charge in [-0.05, 0) is 48.9 Å². The van der Waals surface area contributed by atoms with Crippen molar-refractivity contribution in [1.29, 1.82) is 0 Å². The highest BCUT2D eigenvalue weighted by Gasteiger charge is 2.47. The van der Waals surface area contributed by atoms with Crippen LogP contribution in [0, 0.1) is 19.7 Å². The van der Waals surface area contributed by atoms with Crippen molar-refractivity contribution >= 4 is 0 Å². The minimum Gasteiger partial charge on any atom is -0.385 e. The predicted molar refractivity (Wildman–Crippen MR) is 99.4 cm³/mol. The smallest absolute Gasteiger partial charge is 0.129 e. The van der Waals surface area contributed by atoms with Gasteiger partial charge in [0.25, 0.3) is 0 Å². The van der Waals surface area contributed by atoms with Gasteiger partial charge in [-0.1, -0.05) is 42.5 Å². The van der Waals surface area contributed by atoms with E-state index >= 15 is 0 Å². The molecule has 2 bridgehead atoms. The van der Waals surface area contributed by atoms with Gasteiger partial charge in [-0.2, -0.15) is 0 Å². The first-order valence-corrected chi connectivity index (χ1v) is 9.33. The summed E-state index contributed by atoms with van der Waals surface area (Å²) in [7, 11) is 0. The number of hydrogen-bond donors (Lipinski definition) is 1. The number of ether oxygens (including phenoxy) is 1. The van der Waals surface area contributed by atoms with Crippen LogP contribution in [-0.2, 0) is 16.9 Å². The largest absolute Gasteiger partial charge is 0.385 e. The van der Waals surface area contributed by atoms with E-state index < -0.39 is 5.60 Å². The van der Waals surface area contributed by atoms with Crippen LogP contribution < -0.4 is 0 Å². The summed E-state index contributed by atoms with van der Waals surface area (Å²) in [6.07, 6.45) is 1.22. The molecule has 26 heavy (non-hydrogen) atoms. The normalized spacial score (nSPS) is 28.9. The maximum atomic E-state index is 14.0. The molecule has 0 amide bonds. The third-order valence-corrected chi connectivity index (χ3v) is 5.89. The Bertz CT molecular complexity index is 755. The van der Waals surface area contributed by atoms with Crippen molar-refractivity contribution < 1.29 is 14.2 Å². The summed E-state index contributed by atoms with van der Waals surface area (Å²) in [4.78, 5) is 2.47. The van der Waals surface area contributed by atoms with E-state index in [0.29, 0.717) is 37.2 Å². The van der Waals surface area contributed by atoms with Crippen molar-refractivity contribution in [3.05, 3.63) is 70.5 Å². The third-order valence-electron chi connectivity index (χ3n) is 5.89. The zero-order chi connectivity index (χ0) is 18.3. The maximum Gasteiger partial charge on any atom is 0.129 e. The molecule has 2 atom stereocenters. The van der Waals surface area contributed by atoms with Crippen LogP contribution in [0.15, 0.2) is 42.5 Å². The molecule has 2 fully saturated rings. The van der Waals surface area contributed by atoms with Gasteiger partial charge in [0.15, 0.2) is 0 Å². The highest BCUT2D eigenvalue weighted by molar-refractivity contribution is 5.35. The second kappa shape index (κ2) is 6.76. The molecule has 0 spiro atoms. The lowest BCUT2D eigenvalue weighted by molar-refractivity contribution is -0.149. The van der Waals surface area contributed by atoms with Crippen LogP contribution in [0.4, 0.5) is 4.39 Å². The van der Waals surface area contributed by atoms with Crippen LogP contribution in [-0.4, -0.2) is 35.3 Å². The number of aryl methyl sites for hydroxylation is 2. The number of hydrogen-bond acceptors (Lipinski definition) is 3. The van der Waals surface area contributed by atoms with E-state index in [9.17, 15) is 9.50 Å². The predicted octanol–water partition coefficient (Wildman–Crippen LogP) is 3.69. The fourth-order valence-corrected chi connectivity index (χ4v) is 4.55. The third kappa shape index (κ3) is 3.18. The van der Waals surface area contributed by atoms with E-state index in [1.807, 2.05) is 18.2 Å². The molecule has 2 aromatic rings. The summed E-state index contributed by atoms with van der Waals surface area (Å²) in [5.74, 6) is -0.178. The minimum atomic E-state index is -0.921. The Hall–Kier alpha value is -1.75. The van der Waals surface area contributed by atoms with Crippen molar-refractivity contribution in [3.8, 4) is 0 Å². The Labute approximate surface area is 154 Å². The SMILES string of the molecule is Cc1cc(C2(O)CC3COCC(C2)N3Cc2ccccc2)cc(C)c1F. The molecule has 0 aliphatic carbocycles. The van der Waals surface area contributed by atoms with Crippen molar-refractivity contribution in [1.82, 2.24) is 4.90 Å². The van der Waals surface area contributed by atoms with Crippen molar-refractivity contribution in [2.75, 3.05) is 13.2 Å². The number of rotatable bonds is 3. The second-order valence-electron chi connectivity index (χ2n) is 7.87. The van der Waals surface area contributed by atoms with Gasteiger partial charge < -0.3 is 9.84 Å². The molecule has 0 aromatic heterocycles. The summed E-state index contributed by atoms with van der Waals surface area (Å²) in [5.41, 5.74) is 2.40. The minimum absolute atomic E-state index is 0.165. The molecule has 2 aliphatic heterocycles. The van der Waals surface area contributed by atoms with Gasteiger partial charge in [0.2, 0.25) is 0 Å². The molecule has 4 rings (SSSR count). The molecule has 4 heteroatoms. The Balaban J connectivity index is 1.61. The number of morpholine rings is 1. The van der Waals surface area contributed by atoms with E-state index in [0.717, 1.165) is 12.1 Å². The first-order valence-electron chi connectivity index (χ1n) is 9.33. The maximum absolute atomic E-state index is 14.0. The lowest BCUT2D eigenvalue weighted by Crippen LogP contribution is -2.60. The topological polar surface area (TPSA) is 32.7 Å². The highest BCUT2D eigenvalue weighted by atomic mass is 19.1. The summed E-state index contributed by atoms with van der Waals surface area (Å²) in [6.45, 7) is 5.67. The van der Waals surface area contributed by atoms with Crippen LogP contribution in [0.1, 0.15) is 35.1 Å². The van der Waals surface area contributed by atoms with Crippen molar-refractivity contribution in [2.45, 2.75) is 50.9 Å². The Kier molecular flexibility index (Phi) is 4.59. The Morgan fingerprint density at radius 2 is 1.65 bits per heavy atom. The first kappa shape index (κ1) is 17.7. The highest BCUT2D eigenvalue weighted by Crippen LogP contribution is 2.42. The Morgan fingerprint density at radius 1 is 1.08 bits per heavy atom. The number of nitrogens with zero attached hydrogens (tertiary/aromatic N) is 1. The molecule has 2 aromatic carbocycles. The summed E-state index contributed by atoms with van der Waals surface area (Å²) >= 11 is 0. The van der Waals surface area contributed by atoms with E-state index in [4.69, 9.17) is 4.74 Å². The zero-order valence-electron chi connectivity index (χ0n) is 15.4. The molecule has 2 heterocycles. The lowest BCUT2D eigenvalue weighted by atomic mass is 9.76. The first-order chi connectivity index (χ1) is 12.5. The molecule has 0 radical (unpaired) electrons. The average molecular weight is 355 g/mol. The standard InChI is InChI=1S/C22H26FNO2/c1-15-8-18(9-16(2)21(15)23)22(25)10-19-13-26-14-20(11-22)24(19)12-17-6-4-3-5-7-17/h3-9,19-20,25H,10-14H2,1-2H3. The molecule has 3 nitrogen and oxygen atoms in total. The van der Waals surface area contributed by atoms with Gasteiger partial charge in [0.05, 0.1) is 18.8 Å². The van der Waals surface area contributed by atoms with Crippen molar-refractivity contribution in [3.63, 3.8) is 0 Å². The number of benzene rings is 2. The summed E-state index contributed by atoms with van der Waals surface area (Å²) in [5, 5.41) is 11.5. The summed E-state index contributed by atoms with van der Waals surface area (Å²) in [6, 6.07) is 14.4. The van der Waals surface area contributed by atoms with Gasteiger partial charge in [0.1, 0.15) is 5.82 Å². The quantitative estimate of drug-likeness (QED) is 0.911. The summed E-state index contributed by atoms with van der Waals surface area (Å²) < 4.78 is 19.8. The van der Waals surface area contributed by atoms with Gasteiger partial charge in [-0.3, -0.25) is 4.90 Å². The average Bonchev–Trinajstić information content (AvgIpc) is 2.61. The van der Waals surface area contributed by atoms with Crippen LogP contribution in [0.2, 0.25) is 0 Å². The van der Waals surface area contributed by atoms with Crippen LogP contribution in [0.3, 0.4) is 0 Å². The number of aliphatic hydroxyl groups is 1. The molecule has 1 N–H and O–H groups in total. The van der Waals surface area contributed by atoms with Crippen LogP contribution in [0.25, 0.3) is 0 Å². The van der Waals surface area contributed by atoms with Gasteiger partial charge >= 0.3 is 0 Å². The molecular weight excluding hydrogens is 329 g/mol. The number of piperidine rings is 1. The second-order valence-corrected chi connectivity index (χ2v) is 7.87. The Morgan fingerprint density at radius 3 is 2.23 bits per heavy atom. The molecule has 2 unspecified atom stereocenters. The fraction of sp³-hybridized carbons (Fsp3) is 0.455. The van der Waals surface area contributed by atoms with E-state index in [2.05, 4.69) is 29.2 Å². The number of halogens is 1. The van der Waals surface area contributed by atoms with Gasteiger partial charge in [-0.25, -0.2) is 4.39 Å². The lowest BCUT2D eigenvalue weighted by Gasteiger charge is -2.52. The van der Waals surface area contributed by atoms with Gasteiger partial charge in [-0.15, -0.1) is 0 Å². The van der Waals surface area contributed by atoms with Crippen molar-refractivity contribution in [2.24, 2.45) is 0 Å². The molecule has 138 valence electrons. The monoisotopic (exact) mass is 355 g/mol. The van der Waals surface area contributed by atoms with E-state index in [1.165, 1.54) is 5.56 Å². The van der Waals surface area contributed by atoms with E-state index in [-0.39, 0.29) is 17.9 Å². The number of fused-ring (bicyclic) bond motifs is 2. The molecule has 0 saturated carbocycles. The van der Waals surface area contributed by atoms with Gasteiger partial charge in [0, 0.05) is 18.6 Å². The van der Waals surface area contributed by atoms with Crippen LogP contribution in [0.5, 0.6) is 0 Å². The van der Waals surface area contributed by atoms with Crippen LogP contribution >= 0.6 is 0 Å². The molecular formula is C22H26FNO2. The van der Waals surface area contributed by atoms with E-state index in [1.54, 1.807) is 13.8 Å².